The molecule has 3 rings (SSSR count). The minimum atomic E-state index is -0.0324. The molecule has 0 radical (unpaired) electrons. The van der Waals surface area contributed by atoms with E-state index < -0.39 is 0 Å². The van der Waals surface area contributed by atoms with Crippen molar-refractivity contribution in [3.63, 3.8) is 0 Å². The lowest BCUT2D eigenvalue weighted by atomic mass is 10.0. The molecule has 0 unspecified atom stereocenters. The van der Waals surface area contributed by atoms with Crippen LogP contribution in [0, 0.1) is 6.92 Å². The van der Waals surface area contributed by atoms with Crippen molar-refractivity contribution in [2.24, 2.45) is 0 Å². The van der Waals surface area contributed by atoms with E-state index in [1.807, 2.05) is 49.4 Å². The molecular weight excluding hydrogens is 380 g/mol. The molecule has 6 heteroatoms. The van der Waals surface area contributed by atoms with E-state index in [1.54, 1.807) is 21.9 Å². The van der Waals surface area contributed by atoms with Gasteiger partial charge in [-0.05, 0) is 19.1 Å². The van der Waals surface area contributed by atoms with Crippen molar-refractivity contribution in [1.82, 2.24) is 9.80 Å². The van der Waals surface area contributed by atoms with Crippen LogP contribution in [-0.4, -0.2) is 60.2 Å². The summed E-state index contributed by atoms with van der Waals surface area (Å²) in [6.07, 6.45) is 0.720. The minimum Gasteiger partial charge on any atom is -0.493 e. The Labute approximate surface area is 177 Å². The van der Waals surface area contributed by atoms with E-state index in [2.05, 4.69) is 0 Å². The van der Waals surface area contributed by atoms with Gasteiger partial charge < -0.3 is 14.5 Å². The molecule has 1 fully saturated rings. The molecule has 0 bridgehead atoms. The molecule has 6 nitrogen and oxygen atoms in total. The molecule has 1 aliphatic heterocycles. The number of rotatable bonds is 8. The number of nitrogens with zero attached hydrogens (tertiary/aromatic N) is 2. The molecule has 0 N–H and O–H groups in total. The highest BCUT2D eigenvalue weighted by molar-refractivity contribution is 5.98. The third-order valence-corrected chi connectivity index (χ3v) is 5.25. The van der Waals surface area contributed by atoms with E-state index in [0.717, 1.165) is 11.3 Å². The highest BCUT2D eigenvalue weighted by Crippen LogP contribution is 2.12. The van der Waals surface area contributed by atoms with Gasteiger partial charge in [-0.3, -0.25) is 14.4 Å². The summed E-state index contributed by atoms with van der Waals surface area (Å²) in [5, 5.41) is 0. The summed E-state index contributed by atoms with van der Waals surface area (Å²) in [4.78, 5) is 40.6. The van der Waals surface area contributed by atoms with Crippen molar-refractivity contribution < 1.29 is 19.1 Å². The first kappa shape index (κ1) is 21.6. The van der Waals surface area contributed by atoms with E-state index in [9.17, 15) is 14.4 Å². The van der Waals surface area contributed by atoms with Gasteiger partial charge in [0.15, 0.2) is 5.78 Å². The molecule has 2 aromatic rings. The second kappa shape index (κ2) is 10.6. The van der Waals surface area contributed by atoms with Gasteiger partial charge in [0.05, 0.1) is 13.0 Å². The van der Waals surface area contributed by atoms with Crippen molar-refractivity contribution >= 4 is 17.6 Å². The van der Waals surface area contributed by atoms with Crippen molar-refractivity contribution in [3.05, 3.63) is 65.7 Å². The van der Waals surface area contributed by atoms with Gasteiger partial charge in [-0.1, -0.05) is 48.0 Å². The third-order valence-electron chi connectivity index (χ3n) is 5.25. The van der Waals surface area contributed by atoms with E-state index >= 15 is 0 Å². The molecule has 0 aliphatic carbocycles. The maximum atomic E-state index is 12.4. The van der Waals surface area contributed by atoms with Crippen LogP contribution >= 0.6 is 0 Å². The Morgan fingerprint density at radius 1 is 0.767 bits per heavy atom. The molecule has 0 spiro atoms. The van der Waals surface area contributed by atoms with Gasteiger partial charge >= 0.3 is 0 Å². The minimum absolute atomic E-state index is 0.0180. The number of aryl methyl sites for hydroxylation is 1. The molecule has 0 aromatic heterocycles. The molecule has 158 valence electrons. The standard InChI is InChI=1S/C24H28N2O4/c1-19-7-9-20(10-8-19)22(27)11-12-23(28)25-14-16-26(17-15-25)24(29)13-18-30-21-5-3-2-4-6-21/h2-10H,11-18H2,1H3. The molecule has 0 atom stereocenters. The van der Waals surface area contributed by atoms with E-state index in [4.69, 9.17) is 4.74 Å². The Hall–Kier alpha value is -3.15. The topological polar surface area (TPSA) is 66.9 Å². The quantitative estimate of drug-likeness (QED) is 0.630. The molecule has 2 amide bonds. The Morgan fingerprint density at radius 3 is 1.93 bits per heavy atom. The summed E-state index contributed by atoms with van der Waals surface area (Å²) in [5.74, 6) is 0.735. The van der Waals surface area contributed by atoms with Crippen LogP contribution in [0.25, 0.3) is 0 Å². The molecule has 1 aliphatic rings. The van der Waals surface area contributed by atoms with Crippen LogP contribution in [0.2, 0.25) is 0 Å². The predicted molar refractivity (Wildman–Crippen MR) is 114 cm³/mol. The summed E-state index contributed by atoms with van der Waals surface area (Å²) in [6.45, 7) is 4.34. The van der Waals surface area contributed by atoms with Crippen molar-refractivity contribution in [1.29, 1.82) is 0 Å². The Kier molecular flexibility index (Phi) is 7.60. The number of ketones is 1. The van der Waals surface area contributed by atoms with Crippen LogP contribution in [0.3, 0.4) is 0 Å². The first-order valence-electron chi connectivity index (χ1n) is 10.4. The summed E-state index contributed by atoms with van der Waals surface area (Å²) in [6, 6.07) is 16.8. The number of para-hydroxylation sites is 1. The number of piperazine rings is 1. The smallest absolute Gasteiger partial charge is 0.226 e. The zero-order chi connectivity index (χ0) is 21.3. The highest BCUT2D eigenvalue weighted by Gasteiger charge is 2.24. The lowest BCUT2D eigenvalue weighted by Crippen LogP contribution is -2.50. The Morgan fingerprint density at radius 2 is 1.33 bits per heavy atom. The van der Waals surface area contributed by atoms with Gasteiger partial charge in [0, 0.05) is 44.6 Å². The number of hydrogen-bond donors (Lipinski definition) is 0. The van der Waals surface area contributed by atoms with Crippen LogP contribution in [-0.2, 0) is 9.59 Å². The SMILES string of the molecule is Cc1ccc(C(=O)CCC(=O)N2CCN(C(=O)CCOc3ccccc3)CC2)cc1. The van der Waals surface area contributed by atoms with Crippen molar-refractivity contribution in [2.45, 2.75) is 26.2 Å². The van der Waals surface area contributed by atoms with Gasteiger partial charge in [0.25, 0.3) is 0 Å². The van der Waals surface area contributed by atoms with E-state index in [1.165, 1.54) is 0 Å². The second-order valence-electron chi connectivity index (χ2n) is 7.46. The fourth-order valence-corrected chi connectivity index (χ4v) is 3.40. The first-order valence-corrected chi connectivity index (χ1v) is 10.4. The lowest BCUT2D eigenvalue weighted by molar-refractivity contribution is -0.139. The second-order valence-corrected chi connectivity index (χ2v) is 7.46. The summed E-state index contributed by atoms with van der Waals surface area (Å²) in [7, 11) is 0. The van der Waals surface area contributed by atoms with Crippen molar-refractivity contribution in [3.8, 4) is 5.75 Å². The maximum absolute atomic E-state index is 12.4. The fraction of sp³-hybridized carbons (Fsp3) is 0.375. The normalized spacial score (nSPS) is 13.8. The van der Waals surface area contributed by atoms with Gasteiger partial charge in [-0.15, -0.1) is 0 Å². The molecule has 1 heterocycles. The Balaban J connectivity index is 1.35. The number of benzene rings is 2. The monoisotopic (exact) mass is 408 g/mol. The van der Waals surface area contributed by atoms with Gasteiger partial charge in [0.2, 0.25) is 11.8 Å². The van der Waals surface area contributed by atoms with Crippen molar-refractivity contribution in [2.75, 3.05) is 32.8 Å². The van der Waals surface area contributed by atoms with Crippen LogP contribution in [0.5, 0.6) is 5.75 Å². The van der Waals surface area contributed by atoms with Gasteiger partial charge in [-0.2, -0.15) is 0 Å². The fourth-order valence-electron chi connectivity index (χ4n) is 3.40. The number of carbonyl (C=O) groups excluding carboxylic acids is 3. The molecular formula is C24H28N2O4. The lowest BCUT2D eigenvalue weighted by Gasteiger charge is -2.35. The summed E-state index contributed by atoms with van der Waals surface area (Å²) in [5.41, 5.74) is 1.74. The first-order chi connectivity index (χ1) is 14.5. The van der Waals surface area contributed by atoms with Crippen LogP contribution in [0.4, 0.5) is 0 Å². The number of amides is 2. The largest absolute Gasteiger partial charge is 0.493 e. The zero-order valence-corrected chi connectivity index (χ0v) is 17.4. The van der Waals surface area contributed by atoms with Gasteiger partial charge in [-0.25, -0.2) is 0 Å². The average Bonchev–Trinajstić information content (AvgIpc) is 2.78. The summed E-state index contributed by atoms with van der Waals surface area (Å²) < 4.78 is 5.58. The maximum Gasteiger partial charge on any atom is 0.226 e. The number of carbonyl (C=O) groups is 3. The number of Topliss-reactive ketones (excluding diaryl/α,β-unsaturated/α-hetero) is 1. The number of hydrogen-bond acceptors (Lipinski definition) is 4. The van der Waals surface area contributed by atoms with E-state index in [-0.39, 0.29) is 30.4 Å². The van der Waals surface area contributed by atoms with E-state index in [0.29, 0.717) is 44.8 Å². The third kappa shape index (κ3) is 6.17. The van der Waals surface area contributed by atoms with Crippen LogP contribution < -0.4 is 4.74 Å². The zero-order valence-electron chi connectivity index (χ0n) is 17.4. The van der Waals surface area contributed by atoms with Gasteiger partial charge in [0.1, 0.15) is 5.75 Å². The predicted octanol–water partition coefficient (Wildman–Crippen LogP) is 3.10. The molecule has 0 saturated carbocycles. The average molecular weight is 408 g/mol. The molecule has 30 heavy (non-hydrogen) atoms. The highest BCUT2D eigenvalue weighted by atomic mass is 16.5. The molecule has 2 aromatic carbocycles. The molecule has 1 saturated heterocycles. The Bertz CT molecular complexity index is 857. The van der Waals surface area contributed by atoms with Crippen LogP contribution in [0.15, 0.2) is 54.6 Å². The summed E-state index contributed by atoms with van der Waals surface area (Å²) >= 11 is 0. The van der Waals surface area contributed by atoms with Crippen LogP contribution in [0.1, 0.15) is 35.2 Å². The number of ether oxygens (including phenoxy) is 1.